The van der Waals surface area contributed by atoms with Crippen LogP contribution in [0.4, 0.5) is 0 Å². The van der Waals surface area contributed by atoms with Crippen LogP contribution in [0.1, 0.15) is 51.0 Å². The lowest BCUT2D eigenvalue weighted by Crippen LogP contribution is -2.76. The second kappa shape index (κ2) is 8.61. The van der Waals surface area contributed by atoms with E-state index in [4.69, 9.17) is 24.0 Å². The monoisotopic (exact) mass is 512 g/mol. The van der Waals surface area contributed by atoms with E-state index < -0.39 is 42.1 Å². The first kappa shape index (κ1) is 24.3. The van der Waals surface area contributed by atoms with Crippen LogP contribution >= 0.6 is 0 Å². The van der Waals surface area contributed by atoms with Gasteiger partial charge in [-0.2, -0.15) is 4.89 Å². The van der Waals surface area contributed by atoms with Crippen molar-refractivity contribution in [1.29, 1.82) is 0 Å². The van der Waals surface area contributed by atoms with Crippen molar-refractivity contribution in [3.05, 3.63) is 42.0 Å². The zero-order chi connectivity index (χ0) is 25.5. The summed E-state index contributed by atoms with van der Waals surface area (Å²) in [6.45, 7) is 1.85. The van der Waals surface area contributed by atoms with Crippen LogP contribution in [0.2, 0.25) is 0 Å². The first-order valence-corrected chi connectivity index (χ1v) is 13.7. The lowest BCUT2D eigenvalue weighted by molar-refractivity contribution is -0.645. The topological polar surface area (TPSA) is 107 Å². The Bertz CT molecular complexity index is 1150. The Morgan fingerprint density at radius 1 is 0.892 bits per heavy atom. The lowest BCUT2D eigenvalue weighted by Gasteiger charge is -2.68. The molecule has 4 saturated carbocycles. The first-order chi connectivity index (χ1) is 17.9. The van der Waals surface area contributed by atoms with Gasteiger partial charge in [-0.25, -0.2) is 4.89 Å². The van der Waals surface area contributed by atoms with Gasteiger partial charge in [0.25, 0.3) is 5.79 Å². The van der Waals surface area contributed by atoms with Gasteiger partial charge in [0.1, 0.15) is 24.1 Å². The fourth-order valence-electron chi connectivity index (χ4n) is 8.38. The number of aliphatic hydroxyl groups excluding tert-OH is 3. The van der Waals surface area contributed by atoms with Crippen molar-refractivity contribution < 1.29 is 39.3 Å². The first-order valence-electron chi connectivity index (χ1n) is 13.7. The van der Waals surface area contributed by atoms with Crippen LogP contribution < -0.4 is 4.74 Å². The van der Waals surface area contributed by atoms with Crippen molar-refractivity contribution in [3.63, 3.8) is 0 Å². The molecule has 8 heteroatoms. The Balaban J connectivity index is 1.25. The predicted molar refractivity (Wildman–Crippen MR) is 132 cm³/mol. The molecule has 1 spiro atoms. The van der Waals surface area contributed by atoms with Crippen molar-refractivity contribution in [1.82, 2.24) is 0 Å². The quantitative estimate of drug-likeness (QED) is 0.524. The molecule has 4 bridgehead atoms. The zero-order valence-corrected chi connectivity index (χ0v) is 21.3. The van der Waals surface area contributed by atoms with Crippen molar-refractivity contribution in [2.75, 3.05) is 7.11 Å². The highest BCUT2D eigenvalue weighted by Gasteiger charge is 2.76. The van der Waals surface area contributed by atoms with Gasteiger partial charge in [0.2, 0.25) is 6.29 Å². The maximum atomic E-state index is 10.6. The Labute approximate surface area is 216 Å². The molecule has 2 heterocycles. The normalized spacial score (nSPS) is 46.4. The third kappa shape index (κ3) is 3.27. The molecule has 8 rings (SSSR count). The van der Waals surface area contributed by atoms with Gasteiger partial charge in [0, 0.05) is 18.1 Å². The Morgan fingerprint density at radius 3 is 2.24 bits per heavy atom. The largest absolute Gasteiger partial charge is 0.461 e. The molecule has 6 aliphatic rings. The molecule has 2 aromatic rings. The van der Waals surface area contributed by atoms with Crippen molar-refractivity contribution in [3.8, 4) is 5.75 Å². The van der Waals surface area contributed by atoms with Crippen molar-refractivity contribution in [2.45, 2.75) is 87.5 Å². The van der Waals surface area contributed by atoms with E-state index >= 15 is 0 Å². The second-order valence-electron chi connectivity index (χ2n) is 11.8. The van der Waals surface area contributed by atoms with Gasteiger partial charge in [0.15, 0.2) is 5.60 Å². The minimum absolute atomic E-state index is 0.407. The molecule has 2 aromatic carbocycles. The number of fused-ring (bicyclic) bond motifs is 1. The van der Waals surface area contributed by atoms with E-state index in [1.807, 2.05) is 43.3 Å². The minimum atomic E-state index is -1.39. The maximum absolute atomic E-state index is 10.6. The van der Waals surface area contributed by atoms with Gasteiger partial charge >= 0.3 is 0 Å². The molecule has 200 valence electrons. The van der Waals surface area contributed by atoms with E-state index in [-0.39, 0.29) is 0 Å². The molecule has 0 amide bonds. The number of aliphatic hydroxyl groups is 3. The average Bonchev–Trinajstić information content (AvgIpc) is 2.89. The fourth-order valence-corrected chi connectivity index (χ4v) is 8.38. The molecule has 8 nitrogen and oxygen atoms in total. The van der Waals surface area contributed by atoms with Gasteiger partial charge < -0.3 is 29.5 Å². The summed E-state index contributed by atoms with van der Waals surface area (Å²) in [6.07, 6.45) is 0.791. The molecular weight excluding hydrogens is 476 g/mol. The van der Waals surface area contributed by atoms with Gasteiger partial charge in [-0.05, 0) is 79.7 Å². The third-order valence-corrected chi connectivity index (χ3v) is 9.99. The SMILES string of the molecule is CCC1OC(Oc2cccc3ccc(C4(OC)OOC45C4CC6CC(C4)CC5C6)cc23)C(O)C(O)C1O. The molecule has 6 unspecified atom stereocenters. The summed E-state index contributed by atoms with van der Waals surface area (Å²) in [5.41, 5.74) is 0.389. The van der Waals surface area contributed by atoms with Crippen molar-refractivity contribution >= 4 is 10.8 Å². The number of ether oxygens (including phenoxy) is 3. The number of hydrogen-bond acceptors (Lipinski definition) is 8. The third-order valence-electron chi connectivity index (χ3n) is 9.99. The van der Waals surface area contributed by atoms with Crippen molar-refractivity contribution in [2.24, 2.45) is 23.7 Å². The van der Waals surface area contributed by atoms with E-state index in [9.17, 15) is 15.3 Å². The molecule has 6 fully saturated rings. The van der Waals surface area contributed by atoms with Crippen LogP contribution in [0.25, 0.3) is 10.8 Å². The highest BCUT2D eigenvalue weighted by molar-refractivity contribution is 5.89. The summed E-state index contributed by atoms with van der Waals surface area (Å²) in [5.74, 6) is 1.89. The number of rotatable bonds is 5. The van der Waals surface area contributed by atoms with E-state index in [1.165, 1.54) is 6.42 Å². The van der Waals surface area contributed by atoms with Crippen LogP contribution in [0.5, 0.6) is 5.75 Å². The summed E-state index contributed by atoms with van der Waals surface area (Å²) >= 11 is 0. The smallest absolute Gasteiger partial charge is 0.260 e. The van der Waals surface area contributed by atoms with Crippen LogP contribution in [0, 0.1) is 23.7 Å². The summed E-state index contributed by atoms with van der Waals surface area (Å²) in [5, 5.41) is 32.9. The molecule has 3 N–H and O–H groups in total. The summed E-state index contributed by atoms with van der Waals surface area (Å²) in [7, 11) is 1.70. The summed E-state index contributed by atoms with van der Waals surface area (Å²) in [6, 6.07) is 11.8. The number of benzene rings is 2. The van der Waals surface area contributed by atoms with Crippen LogP contribution in [-0.2, 0) is 25.0 Å². The zero-order valence-electron chi connectivity index (χ0n) is 21.3. The highest BCUT2D eigenvalue weighted by Crippen LogP contribution is 2.69. The number of methoxy groups -OCH3 is 1. The predicted octanol–water partition coefficient (Wildman–Crippen LogP) is 3.39. The summed E-state index contributed by atoms with van der Waals surface area (Å²) in [4.78, 5) is 12.1. The minimum Gasteiger partial charge on any atom is -0.461 e. The lowest BCUT2D eigenvalue weighted by atomic mass is 9.47. The standard InChI is InChI=1S/C29H36O8/c1-3-22-24(30)25(31)26(32)27(34-22)35-23-6-4-5-17-7-8-18(14-21(17)23)29(33-2)28(36-37-29)19-10-15-9-16(12-19)13-20(28)11-15/h4-8,14-16,19-20,22,24-27,30-32H,3,9-13H2,1-2H3. The van der Waals surface area contributed by atoms with Crippen LogP contribution in [0.3, 0.4) is 0 Å². The van der Waals surface area contributed by atoms with Gasteiger partial charge in [-0.1, -0.05) is 31.2 Å². The van der Waals surface area contributed by atoms with E-state index in [2.05, 4.69) is 0 Å². The molecule has 0 aromatic heterocycles. The average molecular weight is 513 g/mol. The molecular formula is C29H36O8. The van der Waals surface area contributed by atoms with Crippen LogP contribution in [0.15, 0.2) is 36.4 Å². The molecule has 6 atom stereocenters. The van der Waals surface area contributed by atoms with E-state index in [0.717, 1.165) is 53.9 Å². The van der Waals surface area contributed by atoms with E-state index in [0.29, 0.717) is 24.0 Å². The molecule has 0 radical (unpaired) electrons. The van der Waals surface area contributed by atoms with E-state index in [1.54, 1.807) is 7.11 Å². The van der Waals surface area contributed by atoms with Gasteiger partial charge in [-0.15, -0.1) is 0 Å². The Morgan fingerprint density at radius 2 is 1.62 bits per heavy atom. The molecule has 2 saturated heterocycles. The fraction of sp³-hybridized carbons (Fsp3) is 0.655. The molecule has 2 aliphatic heterocycles. The highest BCUT2D eigenvalue weighted by atomic mass is 17.3. The van der Waals surface area contributed by atoms with Crippen LogP contribution in [-0.4, -0.2) is 58.7 Å². The molecule has 37 heavy (non-hydrogen) atoms. The van der Waals surface area contributed by atoms with Gasteiger partial charge in [-0.3, -0.25) is 0 Å². The summed E-state index contributed by atoms with van der Waals surface area (Å²) < 4.78 is 18.2. The Hall–Kier alpha value is -1.78. The van der Waals surface area contributed by atoms with Gasteiger partial charge in [0.05, 0.1) is 6.10 Å². The maximum Gasteiger partial charge on any atom is 0.260 e. The Kier molecular flexibility index (Phi) is 5.65. The molecule has 4 aliphatic carbocycles. The number of hydrogen-bond donors (Lipinski definition) is 3. The second-order valence-corrected chi connectivity index (χ2v) is 11.8.